The highest BCUT2D eigenvalue weighted by atomic mass is 32.2. The summed E-state index contributed by atoms with van der Waals surface area (Å²) in [6.07, 6.45) is 1.01. The summed E-state index contributed by atoms with van der Waals surface area (Å²) < 4.78 is 5.61. The fourth-order valence-electron chi connectivity index (χ4n) is 2.99. The molecule has 142 valence electrons. The molecule has 1 amide bonds. The zero-order valence-electron chi connectivity index (χ0n) is 15.9. The SMILES string of the molecule is CC(C)Oc1ccc(C(=O)Nc2cccc(C3(C)CCSC(N)=N3)c2)cc1. The molecule has 0 radical (unpaired) electrons. The summed E-state index contributed by atoms with van der Waals surface area (Å²) in [5.41, 5.74) is 7.93. The first kappa shape index (κ1) is 19.3. The molecule has 0 aromatic heterocycles. The minimum absolute atomic E-state index is 0.101. The van der Waals surface area contributed by atoms with Crippen molar-refractivity contribution in [2.75, 3.05) is 11.1 Å². The van der Waals surface area contributed by atoms with Gasteiger partial charge in [0.1, 0.15) is 5.75 Å². The highest BCUT2D eigenvalue weighted by Crippen LogP contribution is 2.35. The van der Waals surface area contributed by atoms with Crippen molar-refractivity contribution in [3.05, 3.63) is 59.7 Å². The number of benzene rings is 2. The van der Waals surface area contributed by atoms with Crippen molar-refractivity contribution < 1.29 is 9.53 Å². The third-order valence-corrected chi connectivity index (χ3v) is 5.22. The number of anilines is 1. The van der Waals surface area contributed by atoms with Crippen LogP contribution in [0.2, 0.25) is 0 Å². The highest BCUT2D eigenvalue weighted by molar-refractivity contribution is 8.13. The number of hydrogen-bond acceptors (Lipinski definition) is 5. The van der Waals surface area contributed by atoms with Crippen molar-refractivity contribution in [1.82, 2.24) is 0 Å². The topological polar surface area (TPSA) is 76.7 Å². The number of rotatable bonds is 5. The lowest BCUT2D eigenvalue weighted by Gasteiger charge is -2.30. The first-order valence-corrected chi connectivity index (χ1v) is 10.0. The predicted octanol–water partition coefficient (Wildman–Crippen LogP) is 4.39. The van der Waals surface area contributed by atoms with Gasteiger partial charge in [-0.2, -0.15) is 0 Å². The summed E-state index contributed by atoms with van der Waals surface area (Å²) in [4.78, 5) is 17.2. The molecule has 0 saturated heterocycles. The molecule has 0 spiro atoms. The molecular weight excluding hydrogens is 358 g/mol. The molecule has 2 aromatic carbocycles. The van der Waals surface area contributed by atoms with Crippen LogP contribution in [-0.4, -0.2) is 22.9 Å². The van der Waals surface area contributed by atoms with Crippen LogP contribution < -0.4 is 15.8 Å². The van der Waals surface area contributed by atoms with E-state index in [0.717, 1.165) is 29.2 Å². The van der Waals surface area contributed by atoms with Crippen molar-refractivity contribution in [3.63, 3.8) is 0 Å². The standard InChI is InChI=1S/C21H25N3O2S/c1-14(2)26-18-9-7-15(8-10-18)19(25)23-17-6-4-5-16(13-17)21(3)11-12-27-20(22)24-21/h4-10,13-14H,11-12H2,1-3H3,(H2,22,24)(H,23,25). The first-order valence-electron chi connectivity index (χ1n) is 9.02. The number of thioether (sulfide) groups is 1. The molecule has 1 unspecified atom stereocenters. The van der Waals surface area contributed by atoms with Gasteiger partial charge in [-0.3, -0.25) is 9.79 Å². The number of hydrogen-bond donors (Lipinski definition) is 2. The molecule has 0 saturated carbocycles. The van der Waals surface area contributed by atoms with Gasteiger partial charge in [-0.1, -0.05) is 23.9 Å². The molecule has 0 fully saturated rings. The number of amides is 1. The fourth-order valence-corrected chi connectivity index (χ4v) is 3.96. The molecule has 1 atom stereocenters. The number of nitrogens with one attached hydrogen (secondary N) is 1. The summed E-state index contributed by atoms with van der Waals surface area (Å²) in [7, 11) is 0. The van der Waals surface area contributed by atoms with Gasteiger partial charge in [-0.05, 0) is 69.2 Å². The monoisotopic (exact) mass is 383 g/mol. The van der Waals surface area contributed by atoms with E-state index >= 15 is 0 Å². The molecular formula is C21H25N3O2S. The van der Waals surface area contributed by atoms with Crippen LogP contribution in [-0.2, 0) is 5.54 Å². The lowest BCUT2D eigenvalue weighted by molar-refractivity contribution is 0.102. The molecule has 27 heavy (non-hydrogen) atoms. The molecule has 3 rings (SSSR count). The van der Waals surface area contributed by atoms with E-state index in [2.05, 4.69) is 17.2 Å². The summed E-state index contributed by atoms with van der Waals surface area (Å²) in [6, 6.07) is 15.0. The van der Waals surface area contributed by atoms with Crippen molar-refractivity contribution in [2.24, 2.45) is 10.7 Å². The maximum Gasteiger partial charge on any atom is 0.255 e. The maximum atomic E-state index is 12.6. The molecule has 5 nitrogen and oxygen atoms in total. The Morgan fingerprint density at radius 2 is 2.00 bits per heavy atom. The van der Waals surface area contributed by atoms with Gasteiger partial charge >= 0.3 is 0 Å². The fraction of sp³-hybridized carbons (Fsp3) is 0.333. The smallest absolute Gasteiger partial charge is 0.255 e. The van der Waals surface area contributed by atoms with Gasteiger partial charge < -0.3 is 15.8 Å². The third-order valence-electron chi connectivity index (χ3n) is 4.43. The van der Waals surface area contributed by atoms with Crippen LogP contribution in [0.15, 0.2) is 53.5 Å². The van der Waals surface area contributed by atoms with Gasteiger partial charge in [0.25, 0.3) is 5.91 Å². The first-order chi connectivity index (χ1) is 12.9. The number of carbonyl (C=O) groups is 1. The largest absolute Gasteiger partial charge is 0.491 e. The van der Waals surface area contributed by atoms with Crippen LogP contribution in [0.1, 0.15) is 43.1 Å². The van der Waals surface area contributed by atoms with Crippen LogP contribution in [0.3, 0.4) is 0 Å². The van der Waals surface area contributed by atoms with Crippen molar-refractivity contribution in [3.8, 4) is 5.75 Å². The number of nitrogens with two attached hydrogens (primary N) is 1. The van der Waals surface area contributed by atoms with E-state index in [4.69, 9.17) is 10.5 Å². The van der Waals surface area contributed by atoms with Crippen molar-refractivity contribution in [2.45, 2.75) is 38.8 Å². The Kier molecular flexibility index (Phi) is 5.75. The van der Waals surface area contributed by atoms with E-state index in [1.165, 1.54) is 0 Å². The number of ether oxygens (including phenoxy) is 1. The van der Waals surface area contributed by atoms with E-state index in [9.17, 15) is 4.79 Å². The molecule has 1 aliphatic heterocycles. The molecule has 1 heterocycles. The van der Waals surface area contributed by atoms with E-state index in [-0.39, 0.29) is 17.6 Å². The quantitative estimate of drug-likeness (QED) is 0.803. The highest BCUT2D eigenvalue weighted by Gasteiger charge is 2.29. The van der Waals surface area contributed by atoms with Gasteiger partial charge in [-0.15, -0.1) is 0 Å². The van der Waals surface area contributed by atoms with Crippen molar-refractivity contribution in [1.29, 1.82) is 0 Å². The Morgan fingerprint density at radius 3 is 2.67 bits per heavy atom. The average molecular weight is 384 g/mol. The average Bonchev–Trinajstić information content (AvgIpc) is 2.62. The van der Waals surface area contributed by atoms with E-state index < -0.39 is 0 Å². The van der Waals surface area contributed by atoms with Gasteiger partial charge in [-0.25, -0.2) is 0 Å². The van der Waals surface area contributed by atoms with E-state index in [1.807, 2.05) is 50.2 Å². The summed E-state index contributed by atoms with van der Waals surface area (Å²) in [5, 5.41) is 3.57. The lowest BCUT2D eigenvalue weighted by atomic mass is 9.89. The Balaban J connectivity index is 1.74. The lowest BCUT2D eigenvalue weighted by Crippen LogP contribution is -2.28. The third kappa shape index (κ3) is 4.83. The Labute approximate surface area is 164 Å². The zero-order chi connectivity index (χ0) is 19.4. The summed E-state index contributed by atoms with van der Waals surface area (Å²) in [6.45, 7) is 6.02. The molecule has 1 aliphatic rings. The van der Waals surface area contributed by atoms with Gasteiger partial charge in [0.15, 0.2) is 5.17 Å². The number of nitrogens with zero attached hydrogens (tertiary/aromatic N) is 1. The normalized spacial score (nSPS) is 19.5. The van der Waals surface area contributed by atoms with Crippen LogP contribution in [0.5, 0.6) is 5.75 Å². The summed E-state index contributed by atoms with van der Waals surface area (Å²) in [5.74, 6) is 1.53. The van der Waals surface area contributed by atoms with Crippen molar-refractivity contribution >= 4 is 28.5 Å². The second kappa shape index (κ2) is 8.05. The predicted molar refractivity (Wildman–Crippen MR) is 113 cm³/mol. The maximum absolute atomic E-state index is 12.6. The van der Waals surface area contributed by atoms with Crippen LogP contribution in [0.4, 0.5) is 5.69 Å². The minimum atomic E-state index is -0.355. The second-order valence-electron chi connectivity index (χ2n) is 7.05. The molecule has 0 bridgehead atoms. The minimum Gasteiger partial charge on any atom is -0.491 e. The van der Waals surface area contributed by atoms with E-state index in [1.54, 1.807) is 23.9 Å². The van der Waals surface area contributed by atoms with Crippen LogP contribution >= 0.6 is 11.8 Å². The van der Waals surface area contributed by atoms with Gasteiger partial charge in [0.2, 0.25) is 0 Å². The Morgan fingerprint density at radius 1 is 1.26 bits per heavy atom. The number of aliphatic imine (C=N–C) groups is 1. The molecule has 6 heteroatoms. The molecule has 3 N–H and O–H groups in total. The van der Waals surface area contributed by atoms with Crippen LogP contribution in [0.25, 0.3) is 0 Å². The Hall–Kier alpha value is -2.47. The van der Waals surface area contributed by atoms with Gasteiger partial charge in [0.05, 0.1) is 11.6 Å². The summed E-state index contributed by atoms with van der Waals surface area (Å²) >= 11 is 1.58. The Bertz CT molecular complexity index is 849. The van der Waals surface area contributed by atoms with Gasteiger partial charge in [0, 0.05) is 17.0 Å². The second-order valence-corrected chi connectivity index (χ2v) is 8.16. The number of carbonyl (C=O) groups excluding carboxylic acids is 1. The van der Waals surface area contributed by atoms with E-state index in [0.29, 0.717) is 10.7 Å². The number of amidine groups is 1. The van der Waals surface area contributed by atoms with Crippen LogP contribution in [0, 0.1) is 0 Å². The molecule has 0 aliphatic carbocycles. The zero-order valence-corrected chi connectivity index (χ0v) is 16.7. The molecule has 2 aromatic rings.